The van der Waals surface area contributed by atoms with Crippen LogP contribution in [0.4, 0.5) is 0 Å². The molecule has 4 heteroatoms. The third-order valence-electron chi connectivity index (χ3n) is 4.45. The SMILES string of the molecule is CCC(CC)(CN)C(=O)N(C)C(C)c1ccc(Cl)cc1. The molecule has 1 rings (SSSR count). The maximum atomic E-state index is 12.8. The number of carbonyl (C=O) groups excluding carboxylic acids is 1. The fourth-order valence-electron chi connectivity index (χ4n) is 2.44. The van der Waals surface area contributed by atoms with Gasteiger partial charge < -0.3 is 10.6 Å². The molecule has 0 saturated carbocycles. The molecule has 112 valence electrons. The minimum Gasteiger partial charge on any atom is -0.338 e. The van der Waals surface area contributed by atoms with Crippen molar-refractivity contribution < 1.29 is 4.79 Å². The van der Waals surface area contributed by atoms with Crippen molar-refractivity contribution in [3.05, 3.63) is 34.9 Å². The maximum Gasteiger partial charge on any atom is 0.230 e. The average molecular weight is 297 g/mol. The van der Waals surface area contributed by atoms with Crippen molar-refractivity contribution in [3.63, 3.8) is 0 Å². The molecule has 3 nitrogen and oxygen atoms in total. The Morgan fingerprint density at radius 2 is 1.80 bits per heavy atom. The van der Waals surface area contributed by atoms with Crippen LogP contribution in [-0.4, -0.2) is 24.4 Å². The molecule has 1 unspecified atom stereocenters. The molecule has 0 spiro atoms. The Hall–Kier alpha value is -1.06. The fourth-order valence-corrected chi connectivity index (χ4v) is 2.57. The van der Waals surface area contributed by atoms with Gasteiger partial charge in [0.1, 0.15) is 0 Å². The van der Waals surface area contributed by atoms with Crippen molar-refractivity contribution in [3.8, 4) is 0 Å². The summed E-state index contributed by atoms with van der Waals surface area (Å²) in [6.45, 7) is 6.45. The summed E-state index contributed by atoms with van der Waals surface area (Å²) in [5.41, 5.74) is 6.48. The molecular weight excluding hydrogens is 272 g/mol. The van der Waals surface area contributed by atoms with E-state index in [1.165, 1.54) is 0 Å². The second-order valence-electron chi connectivity index (χ2n) is 5.34. The number of benzene rings is 1. The molecule has 0 heterocycles. The van der Waals surface area contributed by atoms with Crippen LogP contribution in [0.5, 0.6) is 0 Å². The molecule has 0 aliphatic carbocycles. The molecule has 0 saturated heterocycles. The van der Waals surface area contributed by atoms with E-state index < -0.39 is 5.41 Å². The van der Waals surface area contributed by atoms with Crippen LogP contribution in [0.2, 0.25) is 5.02 Å². The van der Waals surface area contributed by atoms with Gasteiger partial charge >= 0.3 is 0 Å². The summed E-state index contributed by atoms with van der Waals surface area (Å²) in [5.74, 6) is 0.118. The molecule has 1 aromatic carbocycles. The van der Waals surface area contributed by atoms with E-state index in [2.05, 4.69) is 0 Å². The Kier molecular flexibility index (Phi) is 6.03. The van der Waals surface area contributed by atoms with Gasteiger partial charge in [-0.2, -0.15) is 0 Å². The molecule has 1 amide bonds. The third-order valence-corrected chi connectivity index (χ3v) is 4.70. The third kappa shape index (κ3) is 3.33. The van der Waals surface area contributed by atoms with Crippen LogP contribution in [-0.2, 0) is 4.79 Å². The van der Waals surface area contributed by atoms with Gasteiger partial charge in [-0.3, -0.25) is 4.79 Å². The van der Waals surface area contributed by atoms with Gasteiger partial charge in [-0.05, 0) is 37.5 Å². The number of nitrogens with two attached hydrogens (primary N) is 1. The lowest BCUT2D eigenvalue weighted by Crippen LogP contribution is -2.46. The Balaban J connectivity index is 2.95. The van der Waals surface area contributed by atoms with Crippen LogP contribution in [0.25, 0.3) is 0 Å². The first kappa shape index (κ1) is 17.0. The van der Waals surface area contributed by atoms with E-state index in [0.29, 0.717) is 11.6 Å². The van der Waals surface area contributed by atoms with E-state index in [0.717, 1.165) is 18.4 Å². The molecule has 0 radical (unpaired) electrons. The van der Waals surface area contributed by atoms with Crippen LogP contribution >= 0.6 is 11.6 Å². The van der Waals surface area contributed by atoms with Crippen LogP contribution in [0.3, 0.4) is 0 Å². The molecular formula is C16H25ClN2O. The first-order valence-corrected chi connectivity index (χ1v) is 7.52. The smallest absolute Gasteiger partial charge is 0.230 e. The van der Waals surface area contributed by atoms with Crippen molar-refractivity contribution in [2.45, 2.75) is 39.7 Å². The molecule has 0 bridgehead atoms. The summed E-state index contributed by atoms with van der Waals surface area (Å²) in [6.07, 6.45) is 1.52. The van der Waals surface area contributed by atoms with Crippen molar-refractivity contribution in [1.29, 1.82) is 0 Å². The standard InChI is InChI=1S/C16H25ClN2O/c1-5-16(6-2,11-18)15(20)19(4)12(3)13-7-9-14(17)10-8-13/h7-10,12H,5-6,11,18H2,1-4H3. The van der Waals surface area contributed by atoms with Crippen LogP contribution < -0.4 is 5.73 Å². The molecule has 20 heavy (non-hydrogen) atoms. The minimum absolute atomic E-state index is 0.00351. The second-order valence-corrected chi connectivity index (χ2v) is 5.77. The normalized spacial score (nSPS) is 13.1. The van der Waals surface area contributed by atoms with Crippen molar-refractivity contribution >= 4 is 17.5 Å². The second kappa shape index (κ2) is 7.09. The summed E-state index contributed by atoms with van der Waals surface area (Å²) in [7, 11) is 1.84. The molecule has 1 atom stereocenters. The average Bonchev–Trinajstić information content (AvgIpc) is 2.48. The van der Waals surface area contributed by atoms with E-state index in [9.17, 15) is 4.79 Å². The first-order valence-electron chi connectivity index (χ1n) is 7.14. The number of halogens is 1. The first-order chi connectivity index (χ1) is 9.41. The molecule has 1 aromatic rings. The zero-order chi connectivity index (χ0) is 15.3. The zero-order valence-electron chi connectivity index (χ0n) is 12.8. The van der Waals surface area contributed by atoms with E-state index in [4.69, 9.17) is 17.3 Å². The Morgan fingerprint density at radius 1 is 1.30 bits per heavy atom. The van der Waals surface area contributed by atoms with Gasteiger partial charge in [-0.25, -0.2) is 0 Å². The van der Waals surface area contributed by atoms with Gasteiger partial charge in [-0.15, -0.1) is 0 Å². The predicted molar refractivity (Wildman–Crippen MR) is 84.7 cm³/mol. The van der Waals surface area contributed by atoms with Crippen molar-refractivity contribution in [2.24, 2.45) is 11.1 Å². The summed E-state index contributed by atoms with van der Waals surface area (Å²) < 4.78 is 0. The molecule has 0 aliphatic rings. The van der Waals surface area contributed by atoms with Crippen molar-refractivity contribution in [1.82, 2.24) is 4.90 Å². The highest BCUT2D eigenvalue weighted by Crippen LogP contribution is 2.31. The Labute approximate surface area is 127 Å². The van der Waals surface area contributed by atoms with Gasteiger partial charge in [0, 0.05) is 18.6 Å². The Morgan fingerprint density at radius 3 is 2.20 bits per heavy atom. The maximum absolute atomic E-state index is 12.8. The fraction of sp³-hybridized carbons (Fsp3) is 0.562. The quantitative estimate of drug-likeness (QED) is 0.871. The van der Waals surface area contributed by atoms with Gasteiger partial charge in [0.25, 0.3) is 0 Å². The highest BCUT2D eigenvalue weighted by molar-refractivity contribution is 6.30. The van der Waals surface area contributed by atoms with E-state index in [1.54, 1.807) is 4.90 Å². The van der Waals surface area contributed by atoms with Crippen LogP contribution in [0.15, 0.2) is 24.3 Å². The molecule has 0 fully saturated rings. The largest absolute Gasteiger partial charge is 0.338 e. The highest BCUT2D eigenvalue weighted by Gasteiger charge is 2.37. The van der Waals surface area contributed by atoms with Crippen LogP contribution in [0.1, 0.15) is 45.2 Å². The number of nitrogens with zero attached hydrogens (tertiary/aromatic N) is 1. The Bertz CT molecular complexity index is 432. The predicted octanol–water partition coefficient (Wildman–Crippen LogP) is 3.62. The summed E-state index contributed by atoms with van der Waals surface area (Å²) in [6, 6.07) is 7.62. The van der Waals surface area contributed by atoms with E-state index in [1.807, 2.05) is 52.1 Å². The summed E-state index contributed by atoms with van der Waals surface area (Å²) in [5, 5.41) is 0.702. The van der Waals surface area contributed by atoms with Gasteiger partial charge in [0.2, 0.25) is 5.91 Å². The minimum atomic E-state index is -0.449. The van der Waals surface area contributed by atoms with Crippen molar-refractivity contribution in [2.75, 3.05) is 13.6 Å². The van der Waals surface area contributed by atoms with Gasteiger partial charge in [0.15, 0.2) is 0 Å². The lowest BCUT2D eigenvalue weighted by Gasteiger charge is -2.36. The molecule has 2 N–H and O–H groups in total. The monoisotopic (exact) mass is 296 g/mol. The number of rotatable bonds is 6. The summed E-state index contributed by atoms with van der Waals surface area (Å²) >= 11 is 5.90. The highest BCUT2D eigenvalue weighted by atomic mass is 35.5. The van der Waals surface area contributed by atoms with Gasteiger partial charge in [0.05, 0.1) is 11.5 Å². The number of carbonyl (C=O) groups is 1. The van der Waals surface area contributed by atoms with E-state index in [-0.39, 0.29) is 11.9 Å². The van der Waals surface area contributed by atoms with Crippen LogP contribution in [0, 0.1) is 5.41 Å². The topological polar surface area (TPSA) is 46.3 Å². The molecule has 0 aromatic heterocycles. The van der Waals surface area contributed by atoms with E-state index >= 15 is 0 Å². The summed E-state index contributed by atoms with van der Waals surface area (Å²) in [4.78, 5) is 14.6. The molecule has 0 aliphatic heterocycles. The number of hydrogen-bond acceptors (Lipinski definition) is 2. The lowest BCUT2D eigenvalue weighted by atomic mass is 9.80. The number of amides is 1. The van der Waals surface area contributed by atoms with Gasteiger partial charge in [-0.1, -0.05) is 37.6 Å². The number of hydrogen-bond donors (Lipinski definition) is 1. The lowest BCUT2D eigenvalue weighted by molar-refractivity contribution is -0.142. The zero-order valence-corrected chi connectivity index (χ0v) is 13.6.